The lowest BCUT2D eigenvalue weighted by molar-refractivity contribution is -0.138. The predicted molar refractivity (Wildman–Crippen MR) is 125 cm³/mol. The van der Waals surface area contributed by atoms with Gasteiger partial charge in [-0.15, -0.1) is 0 Å². The van der Waals surface area contributed by atoms with Crippen LogP contribution < -0.4 is 14.8 Å². The second-order valence-corrected chi connectivity index (χ2v) is 7.52. The van der Waals surface area contributed by atoms with Gasteiger partial charge in [-0.2, -0.15) is 0 Å². The maximum atomic E-state index is 12.5. The summed E-state index contributed by atoms with van der Waals surface area (Å²) in [6.45, 7) is 4.58. The molecule has 33 heavy (non-hydrogen) atoms. The highest BCUT2D eigenvalue weighted by Gasteiger charge is 2.19. The Morgan fingerprint density at radius 2 is 1.70 bits per heavy atom. The molecule has 0 spiro atoms. The van der Waals surface area contributed by atoms with Crippen LogP contribution in [0.4, 0.5) is 10.6 Å². The monoisotopic (exact) mass is 449 g/mol. The normalized spacial score (nSPS) is 10.4. The standard InChI is InChI=1S/C25H27N3O5/c1-18-5-9-22(10-6-18)33-25(31)28(17-23(29)30)16-20-7-11-21(12-8-20)32-15-14-27-24-19(2)4-3-13-26-24/h3-13H,14-17H2,1-2H3,(H,26,27)(H,29,30). The molecule has 0 aliphatic rings. The molecule has 2 aromatic carbocycles. The van der Waals surface area contributed by atoms with Gasteiger partial charge in [0.1, 0.15) is 30.5 Å². The van der Waals surface area contributed by atoms with Gasteiger partial charge in [-0.3, -0.25) is 9.69 Å². The number of hydrogen-bond donors (Lipinski definition) is 2. The summed E-state index contributed by atoms with van der Waals surface area (Å²) < 4.78 is 11.1. The highest BCUT2D eigenvalue weighted by molar-refractivity contribution is 5.78. The van der Waals surface area contributed by atoms with Crippen LogP contribution in [-0.4, -0.2) is 46.7 Å². The maximum absolute atomic E-state index is 12.5. The number of carbonyl (C=O) groups is 2. The molecule has 0 atom stereocenters. The van der Waals surface area contributed by atoms with E-state index >= 15 is 0 Å². The minimum atomic E-state index is -1.12. The molecule has 0 saturated carbocycles. The molecule has 3 rings (SSSR count). The average Bonchev–Trinajstić information content (AvgIpc) is 2.79. The summed E-state index contributed by atoms with van der Waals surface area (Å²) in [5, 5.41) is 12.4. The van der Waals surface area contributed by atoms with Crippen molar-refractivity contribution in [2.45, 2.75) is 20.4 Å². The third-order valence-electron chi connectivity index (χ3n) is 4.78. The van der Waals surface area contributed by atoms with E-state index in [-0.39, 0.29) is 6.54 Å². The zero-order valence-corrected chi connectivity index (χ0v) is 18.7. The minimum Gasteiger partial charge on any atom is -0.492 e. The SMILES string of the molecule is Cc1ccc(OC(=O)N(CC(=O)O)Cc2ccc(OCCNc3ncccc3C)cc2)cc1. The highest BCUT2D eigenvalue weighted by Crippen LogP contribution is 2.17. The number of nitrogens with zero attached hydrogens (tertiary/aromatic N) is 2. The van der Waals surface area contributed by atoms with Crippen molar-refractivity contribution in [2.75, 3.05) is 25.0 Å². The molecule has 3 aromatic rings. The van der Waals surface area contributed by atoms with Gasteiger partial charge in [0.25, 0.3) is 0 Å². The molecular formula is C25H27N3O5. The van der Waals surface area contributed by atoms with Crippen LogP contribution >= 0.6 is 0 Å². The first kappa shape index (κ1) is 23.6. The number of carboxylic acids is 1. The quantitative estimate of drug-likeness (QED) is 0.446. The maximum Gasteiger partial charge on any atom is 0.416 e. The zero-order chi connectivity index (χ0) is 23.6. The lowest BCUT2D eigenvalue weighted by atomic mass is 10.2. The molecule has 0 aliphatic heterocycles. The zero-order valence-electron chi connectivity index (χ0n) is 18.7. The minimum absolute atomic E-state index is 0.0950. The van der Waals surface area contributed by atoms with Gasteiger partial charge in [-0.1, -0.05) is 35.9 Å². The smallest absolute Gasteiger partial charge is 0.416 e. The van der Waals surface area contributed by atoms with Crippen molar-refractivity contribution >= 4 is 17.9 Å². The van der Waals surface area contributed by atoms with Crippen LogP contribution in [0.15, 0.2) is 66.9 Å². The summed E-state index contributed by atoms with van der Waals surface area (Å²) in [5.41, 5.74) is 2.85. The number of nitrogens with one attached hydrogen (secondary N) is 1. The van der Waals surface area contributed by atoms with Crippen LogP contribution in [0.1, 0.15) is 16.7 Å². The molecule has 0 fully saturated rings. The fourth-order valence-corrected chi connectivity index (χ4v) is 3.04. The molecular weight excluding hydrogens is 422 g/mol. The first-order valence-electron chi connectivity index (χ1n) is 10.5. The molecule has 1 aromatic heterocycles. The third kappa shape index (κ3) is 7.53. The number of aryl methyl sites for hydroxylation is 2. The molecule has 0 unspecified atom stereocenters. The number of aliphatic carboxylic acids is 1. The molecule has 2 N–H and O–H groups in total. The van der Waals surface area contributed by atoms with E-state index in [9.17, 15) is 14.7 Å². The van der Waals surface area contributed by atoms with E-state index in [1.165, 1.54) is 0 Å². The number of carbonyl (C=O) groups excluding carboxylic acids is 1. The highest BCUT2D eigenvalue weighted by atomic mass is 16.6. The number of carboxylic acid groups (broad SMARTS) is 1. The molecule has 1 amide bonds. The van der Waals surface area contributed by atoms with E-state index in [2.05, 4.69) is 10.3 Å². The Labute approximate surface area is 192 Å². The number of anilines is 1. The van der Waals surface area contributed by atoms with E-state index in [0.29, 0.717) is 24.7 Å². The van der Waals surface area contributed by atoms with Crippen LogP contribution in [0, 0.1) is 13.8 Å². The summed E-state index contributed by atoms with van der Waals surface area (Å²) >= 11 is 0. The Bertz CT molecular complexity index is 1070. The van der Waals surface area contributed by atoms with Gasteiger partial charge in [-0.05, 0) is 55.3 Å². The van der Waals surface area contributed by atoms with Crippen LogP contribution in [0.3, 0.4) is 0 Å². The molecule has 1 heterocycles. The molecule has 8 nitrogen and oxygen atoms in total. The first-order valence-corrected chi connectivity index (χ1v) is 10.5. The lowest BCUT2D eigenvalue weighted by Gasteiger charge is -2.20. The Morgan fingerprint density at radius 1 is 1.00 bits per heavy atom. The number of aromatic nitrogens is 1. The predicted octanol–water partition coefficient (Wildman–Crippen LogP) is 4.27. The van der Waals surface area contributed by atoms with Gasteiger partial charge in [0.15, 0.2) is 0 Å². The van der Waals surface area contributed by atoms with Crippen LogP contribution in [0.5, 0.6) is 11.5 Å². The van der Waals surface area contributed by atoms with Gasteiger partial charge < -0.3 is 19.9 Å². The van der Waals surface area contributed by atoms with Gasteiger partial charge >= 0.3 is 12.1 Å². The summed E-state index contributed by atoms with van der Waals surface area (Å²) in [5.74, 6) is 0.739. The van der Waals surface area contributed by atoms with Gasteiger partial charge in [-0.25, -0.2) is 9.78 Å². The number of amides is 1. The second-order valence-electron chi connectivity index (χ2n) is 7.52. The van der Waals surface area contributed by atoms with Gasteiger partial charge in [0, 0.05) is 12.7 Å². The first-order chi connectivity index (χ1) is 15.9. The van der Waals surface area contributed by atoms with Crippen LogP contribution in [0.2, 0.25) is 0 Å². The fourth-order valence-electron chi connectivity index (χ4n) is 3.04. The van der Waals surface area contributed by atoms with Crippen molar-refractivity contribution in [1.29, 1.82) is 0 Å². The third-order valence-corrected chi connectivity index (χ3v) is 4.78. The Kier molecular flexibility index (Phi) is 8.24. The Hall–Kier alpha value is -4.07. The number of rotatable bonds is 10. The number of hydrogen-bond acceptors (Lipinski definition) is 6. The topological polar surface area (TPSA) is 101 Å². The Balaban J connectivity index is 1.52. The van der Waals surface area contributed by atoms with Crippen molar-refractivity contribution < 1.29 is 24.2 Å². The fraction of sp³-hybridized carbons (Fsp3) is 0.240. The largest absolute Gasteiger partial charge is 0.492 e. The molecule has 172 valence electrons. The average molecular weight is 450 g/mol. The van der Waals surface area contributed by atoms with Crippen LogP contribution in [-0.2, 0) is 11.3 Å². The van der Waals surface area contributed by atoms with Crippen molar-refractivity contribution in [2.24, 2.45) is 0 Å². The molecule has 0 saturated heterocycles. The molecule has 0 radical (unpaired) electrons. The van der Waals surface area contributed by atoms with E-state index in [1.807, 2.05) is 38.1 Å². The number of ether oxygens (including phenoxy) is 2. The van der Waals surface area contributed by atoms with Crippen molar-refractivity contribution in [3.05, 3.63) is 83.6 Å². The molecule has 8 heteroatoms. The number of benzene rings is 2. The molecule has 0 aliphatic carbocycles. The molecule has 0 bridgehead atoms. The second kappa shape index (κ2) is 11.5. The van der Waals surface area contributed by atoms with E-state index < -0.39 is 18.6 Å². The summed E-state index contributed by atoms with van der Waals surface area (Å²) in [4.78, 5) is 29.2. The van der Waals surface area contributed by atoms with Gasteiger partial charge in [0.2, 0.25) is 0 Å². The van der Waals surface area contributed by atoms with Crippen molar-refractivity contribution in [1.82, 2.24) is 9.88 Å². The van der Waals surface area contributed by atoms with Crippen LogP contribution in [0.25, 0.3) is 0 Å². The summed E-state index contributed by atoms with van der Waals surface area (Å²) in [6, 6.07) is 18.0. The Morgan fingerprint density at radius 3 is 2.36 bits per heavy atom. The van der Waals surface area contributed by atoms with Gasteiger partial charge in [0.05, 0.1) is 6.54 Å². The lowest BCUT2D eigenvalue weighted by Crippen LogP contribution is -2.37. The summed E-state index contributed by atoms with van der Waals surface area (Å²) in [7, 11) is 0. The number of pyridine rings is 1. The van der Waals surface area contributed by atoms with Crippen molar-refractivity contribution in [3.63, 3.8) is 0 Å². The van der Waals surface area contributed by atoms with E-state index in [0.717, 1.165) is 27.4 Å². The van der Waals surface area contributed by atoms with E-state index in [1.54, 1.807) is 42.6 Å². The van der Waals surface area contributed by atoms with E-state index in [4.69, 9.17) is 9.47 Å². The summed E-state index contributed by atoms with van der Waals surface area (Å²) in [6.07, 6.45) is 1.01. The van der Waals surface area contributed by atoms with Crippen molar-refractivity contribution in [3.8, 4) is 11.5 Å².